The van der Waals surface area contributed by atoms with E-state index in [0.717, 1.165) is 0 Å². The van der Waals surface area contributed by atoms with Gasteiger partial charge < -0.3 is 10.2 Å². The van der Waals surface area contributed by atoms with Crippen molar-refractivity contribution < 1.29 is 9.59 Å². The monoisotopic (exact) mass is 444 g/mol. The number of halogens is 4. The first kappa shape index (κ1) is 21.6. The Balaban J connectivity index is 2.05. The Labute approximate surface area is 177 Å². The van der Waals surface area contributed by atoms with E-state index in [1.807, 2.05) is 0 Å². The Morgan fingerprint density at radius 1 is 1.04 bits per heavy atom. The second kappa shape index (κ2) is 10.00. The summed E-state index contributed by atoms with van der Waals surface area (Å²) in [7, 11) is 0. The van der Waals surface area contributed by atoms with E-state index < -0.39 is 5.91 Å². The number of nitrogens with one attached hydrogen (secondary N) is 1. The Hall–Kier alpha value is -1.72. The number of para-hydroxylation sites is 1. The molecular formula is C19H16Cl4N2O2. The van der Waals surface area contributed by atoms with Crippen molar-refractivity contribution in [3.63, 3.8) is 0 Å². The topological polar surface area (TPSA) is 49.4 Å². The highest BCUT2D eigenvalue weighted by Gasteiger charge is 2.15. The van der Waals surface area contributed by atoms with E-state index in [0.29, 0.717) is 37.9 Å². The molecule has 0 aliphatic rings. The number of anilines is 1. The summed E-state index contributed by atoms with van der Waals surface area (Å²) in [5.41, 5.74) is 0.927. The number of rotatable bonds is 6. The van der Waals surface area contributed by atoms with Crippen LogP contribution in [0.4, 0.5) is 5.69 Å². The minimum absolute atomic E-state index is 0.148. The summed E-state index contributed by atoms with van der Waals surface area (Å²) in [6.07, 6.45) is 2.90. The number of carbonyl (C=O) groups is 2. The van der Waals surface area contributed by atoms with Gasteiger partial charge in [0.2, 0.25) is 11.8 Å². The molecule has 2 rings (SSSR count). The second-order valence-corrected chi connectivity index (χ2v) is 7.15. The predicted molar refractivity (Wildman–Crippen MR) is 113 cm³/mol. The molecule has 2 amide bonds. The molecule has 0 aliphatic carbocycles. The zero-order chi connectivity index (χ0) is 20.0. The predicted octanol–water partition coefficient (Wildman–Crippen LogP) is 5.80. The van der Waals surface area contributed by atoms with Gasteiger partial charge in [0.25, 0.3) is 0 Å². The number of benzene rings is 2. The first-order valence-corrected chi connectivity index (χ1v) is 9.49. The van der Waals surface area contributed by atoms with Gasteiger partial charge >= 0.3 is 0 Å². The second-order valence-electron chi connectivity index (χ2n) is 5.50. The molecule has 0 spiro atoms. The van der Waals surface area contributed by atoms with E-state index >= 15 is 0 Å². The largest absolute Gasteiger partial charge is 0.330 e. The summed E-state index contributed by atoms with van der Waals surface area (Å²) in [4.78, 5) is 26.0. The van der Waals surface area contributed by atoms with Crippen molar-refractivity contribution >= 4 is 70.0 Å². The lowest BCUT2D eigenvalue weighted by molar-refractivity contribution is -0.130. The van der Waals surface area contributed by atoms with Crippen LogP contribution in [0, 0.1) is 0 Å². The van der Waals surface area contributed by atoms with Gasteiger partial charge in [-0.25, -0.2) is 0 Å². The zero-order valence-electron chi connectivity index (χ0n) is 14.3. The molecule has 0 unspecified atom stereocenters. The number of nitrogens with zero attached hydrogens (tertiary/aromatic N) is 1. The fourth-order valence-corrected chi connectivity index (χ4v) is 3.08. The summed E-state index contributed by atoms with van der Waals surface area (Å²) in [5.74, 6) is -0.747. The van der Waals surface area contributed by atoms with Crippen LogP contribution in [0.15, 0.2) is 42.5 Å². The highest BCUT2D eigenvalue weighted by Crippen LogP contribution is 2.29. The van der Waals surface area contributed by atoms with Gasteiger partial charge in [-0.2, -0.15) is 0 Å². The highest BCUT2D eigenvalue weighted by molar-refractivity contribution is 6.39. The normalized spacial score (nSPS) is 10.9. The third kappa shape index (κ3) is 6.15. The maximum absolute atomic E-state index is 12.4. The van der Waals surface area contributed by atoms with Crippen LogP contribution in [0.25, 0.3) is 6.08 Å². The van der Waals surface area contributed by atoms with Crippen molar-refractivity contribution in [1.82, 2.24) is 4.90 Å². The smallest absolute Gasteiger partial charge is 0.247 e. The number of amides is 2. The number of hydrogen-bond acceptors (Lipinski definition) is 2. The van der Waals surface area contributed by atoms with E-state index in [-0.39, 0.29) is 12.5 Å². The van der Waals surface area contributed by atoms with Crippen molar-refractivity contribution in [1.29, 1.82) is 0 Å². The third-order valence-corrected chi connectivity index (χ3v) is 4.83. The average Bonchev–Trinajstić information content (AvgIpc) is 2.63. The highest BCUT2D eigenvalue weighted by atomic mass is 35.5. The summed E-state index contributed by atoms with van der Waals surface area (Å²) in [6, 6.07) is 9.86. The molecule has 0 bridgehead atoms. The molecule has 27 heavy (non-hydrogen) atoms. The van der Waals surface area contributed by atoms with Crippen LogP contribution in [-0.2, 0) is 9.59 Å². The van der Waals surface area contributed by atoms with Crippen molar-refractivity contribution in [3.05, 3.63) is 68.1 Å². The number of hydrogen-bond donors (Lipinski definition) is 1. The zero-order valence-corrected chi connectivity index (χ0v) is 17.3. The summed E-state index contributed by atoms with van der Waals surface area (Å²) < 4.78 is 0. The Morgan fingerprint density at radius 2 is 1.70 bits per heavy atom. The van der Waals surface area contributed by atoms with Gasteiger partial charge in [0, 0.05) is 22.7 Å². The summed E-state index contributed by atoms with van der Waals surface area (Å²) in [6.45, 7) is 1.97. The van der Waals surface area contributed by atoms with Crippen LogP contribution >= 0.6 is 46.4 Å². The lowest BCUT2D eigenvalue weighted by Crippen LogP contribution is -2.37. The molecule has 142 valence electrons. The fraction of sp³-hybridized carbons (Fsp3) is 0.158. The Morgan fingerprint density at radius 3 is 2.33 bits per heavy atom. The lowest BCUT2D eigenvalue weighted by atomic mass is 10.2. The first-order chi connectivity index (χ1) is 12.8. The Kier molecular flexibility index (Phi) is 7.99. The van der Waals surface area contributed by atoms with Gasteiger partial charge in [0.15, 0.2) is 0 Å². The molecule has 0 aromatic heterocycles. The molecule has 0 saturated heterocycles. The molecular weight excluding hydrogens is 430 g/mol. The average molecular weight is 446 g/mol. The molecule has 4 nitrogen and oxygen atoms in total. The molecule has 0 radical (unpaired) electrons. The molecule has 8 heteroatoms. The molecule has 0 fully saturated rings. The van der Waals surface area contributed by atoms with Gasteiger partial charge in [-0.15, -0.1) is 0 Å². The summed E-state index contributed by atoms with van der Waals surface area (Å²) >= 11 is 24.1. The standard InChI is InChI=1S/C19H16Cl4N2O2/c1-2-25(11-17(26)24-19-15(22)4-3-5-16(19)23)18(27)9-6-12-10-13(20)7-8-14(12)21/h3-10H,2,11H2,1H3,(H,24,26)/b9-6+. The maximum Gasteiger partial charge on any atom is 0.247 e. The molecule has 1 N–H and O–H groups in total. The number of likely N-dealkylation sites (N-methyl/N-ethyl adjacent to an activating group) is 1. The van der Waals surface area contributed by atoms with Crippen molar-refractivity contribution in [3.8, 4) is 0 Å². The maximum atomic E-state index is 12.4. The molecule has 2 aromatic rings. The van der Waals surface area contributed by atoms with E-state index in [1.165, 1.54) is 11.0 Å². The molecule has 0 heterocycles. The van der Waals surface area contributed by atoms with Crippen LogP contribution in [0.3, 0.4) is 0 Å². The first-order valence-electron chi connectivity index (χ1n) is 7.97. The van der Waals surface area contributed by atoms with Gasteiger partial charge in [0.05, 0.1) is 15.7 Å². The quantitative estimate of drug-likeness (QED) is 0.571. The fourth-order valence-electron chi connectivity index (χ4n) is 2.22. The van der Waals surface area contributed by atoms with E-state index in [4.69, 9.17) is 46.4 Å². The van der Waals surface area contributed by atoms with Crippen LogP contribution in [0.5, 0.6) is 0 Å². The van der Waals surface area contributed by atoms with Crippen molar-refractivity contribution in [2.45, 2.75) is 6.92 Å². The third-order valence-electron chi connectivity index (χ3n) is 3.62. The van der Waals surface area contributed by atoms with E-state index in [9.17, 15) is 9.59 Å². The molecule has 2 aromatic carbocycles. The van der Waals surface area contributed by atoms with E-state index in [1.54, 1.807) is 49.4 Å². The van der Waals surface area contributed by atoms with Gasteiger partial charge in [0.1, 0.15) is 6.54 Å². The molecule has 0 saturated carbocycles. The van der Waals surface area contributed by atoms with Crippen LogP contribution < -0.4 is 5.32 Å². The van der Waals surface area contributed by atoms with Gasteiger partial charge in [-0.05, 0) is 48.9 Å². The Bertz CT molecular complexity index is 864. The van der Waals surface area contributed by atoms with Gasteiger partial charge in [-0.3, -0.25) is 9.59 Å². The van der Waals surface area contributed by atoms with Crippen LogP contribution in [-0.4, -0.2) is 29.8 Å². The van der Waals surface area contributed by atoms with Crippen molar-refractivity contribution in [2.24, 2.45) is 0 Å². The molecule has 0 aliphatic heterocycles. The van der Waals surface area contributed by atoms with Crippen LogP contribution in [0.2, 0.25) is 20.1 Å². The molecule has 0 atom stereocenters. The lowest BCUT2D eigenvalue weighted by Gasteiger charge is -2.19. The minimum atomic E-state index is -0.408. The SMILES string of the molecule is CCN(CC(=O)Nc1c(Cl)cccc1Cl)C(=O)/C=C/c1cc(Cl)ccc1Cl. The van der Waals surface area contributed by atoms with Gasteiger partial charge in [-0.1, -0.05) is 52.5 Å². The number of carbonyl (C=O) groups excluding carboxylic acids is 2. The van der Waals surface area contributed by atoms with Crippen molar-refractivity contribution in [2.75, 3.05) is 18.4 Å². The minimum Gasteiger partial charge on any atom is -0.330 e. The van der Waals surface area contributed by atoms with Crippen LogP contribution in [0.1, 0.15) is 12.5 Å². The summed E-state index contributed by atoms with van der Waals surface area (Å²) in [5, 5.41) is 4.25. The van der Waals surface area contributed by atoms with E-state index in [2.05, 4.69) is 5.32 Å².